The van der Waals surface area contributed by atoms with Crippen LogP contribution >= 0.6 is 31.9 Å². The Bertz CT molecular complexity index is 210. The molecule has 1 heterocycles. The summed E-state index contributed by atoms with van der Waals surface area (Å²) in [5.41, 5.74) is 0. The number of rotatable bonds is 1. The molecule has 2 nitrogen and oxygen atoms in total. The van der Waals surface area contributed by atoms with E-state index in [0.29, 0.717) is 10.4 Å². The fourth-order valence-electron chi connectivity index (χ4n) is 0.569. The lowest BCUT2D eigenvalue weighted by Crippen LogP contribution is -1.85. The van der Waals surface area contributed by atoms with Gasteiger partial charge in [-0.05, 0) is 44.8 Å². The largest absolute Gasteiger partial charge is 0.450 e. The topological polar surface area (TPSA) is 33.4 Å². The van der Waals surface area contributed by atoms with Crippen molar-refractivity contribution < 1.29 is 9.52 Å². The highest BCUT2D eigenvalue weighted by Crippen LogP contribution is 2.29. The Kier molecular flexibility index (Phi) is 2.55. The van der Waals surface area contributed by atoms with E-state index >= 15 is 0 Å². The number of halogens is 2. The smallest absolute Gasteiger partial charge is 0.183 e. The van der Waals surface area contributed by atoms with Crippen molar-refractivity contribution in [2.75, 3.05) is 0 Å². The van der Waals surface area contributed by atoms with E-state index in [1.165, 1.54) is 0 Å². The molecule has 0 aliphatic heterocycles. The van der Waals surface area contributed by atoms with E-state index in [2.05, 4.69) is 31.9 Å². The highest BCUT2D eigenvalue weighted by molar-refractivity contribution is 9.13. The van der Waals surface area contributed by atoms with Crippen LogP contribution in [0.3, 0.4) is 0 Å². The first-order chi connectivity index (χ1) is 4.61. The van der Waals surface area contributed by atoms with Crippen molar-refractivity contribution in [3.05, 3.63) is 21.0 Å². The Labute approximate surface area is 75.5 Å². The van der Waals surface area contributed by atoms with Crippen LogP contribution in [-0.2, 0) is 0 Å². The molecule has 0 aromatic carbocycles. The monoisotopic (exact) mass is 268 g/mol. The van der Waals surface area contributed by atoms with Gasteiger partial charge in [-0.25, -0.2) is 0 Å². The summed E-state index contributed by atoms with van der Waals surface area (Å²) in [4.78, 5) is 0. The summed E-state index contributed by atoms with van der Waals surface area (Å²) in [6, 6.07) is 1.73. The summed E-state index contributed by atoms with van der Waals surface area (Å²) < 4.78 is 6.53. The minimum atomic E-state index is -0.553. The zero-order valence-electron chi connectivity index (χ0n) is 5.27. The Morgan fingerprint density at radius 3 is 2.40 bits per heavy atom. The van der Waals surface area contributed by atoms with Gasteiger partial charge in [-0.2, -0.15) is 0 Å². The van der Waals surface area contributed by atoms with Crippen molar-refractivity contribution in [3.8, 4) is 0 Å². The van der Waals surface area contributed by atoms with Gasteiger partial charge in [-0.1, -0.05) is 0 Å². The second-order valence-corrected chi connectivity index (χ2v) is 3.52. The second kappa shape index (κ2) is 3.07. The van der Waals surface area contributed by atoms with Crippen LogP contribution in [0.1, 0.15) is 18.8 Å². The number of furan rings is 1. The molecule has 0 saturated heterocycles. The average Bonchev–Trinajstić information content (AvgIpc) is 2.13. The van der Waals surface area contributed by atoms with Gasteiger partial charge in [-0.15, -0.1) is 0 Å². The van der Waals surface area contributed by atoms with Gasteiger partial charge in [0.1, 0.15) is 11.9 Å². The predicted octanol–water partition coefficient (Wildman–Crippen LogP) is 2.86. The molecule has 0 saturated carbocycles. The number of aliphatic hydroxyl groups is 1. The van der Waals surface area contributed by atoms with E-state index in [9.17, 15) is 0 Å². The van der Waals surface area contributed by atoms with Crippen LogP contribution in [0.2, 0.25) is 0 Å². The lowest BCUT2D eigenvalue weighted by Gasteiger charge is -1.95. The highest BCUT2D eigenvalue weighted by Gasteiger charge is 2.09. The normalized spacial score (nSPS) is 13.6. The zero-order chi connectivity index (χ0) is 7.72. The van der Waals surface area contributed by atoms with E-state index in [0.717, 1.165) is 4.47 Å². The van der Waals surface area contributed by atoms with Gasteiger partial charge in [0.2, 0.25) is 0 Å². The second-order valence-electron chi connectivity index (χ2n) is 1.95. The summed E-state index contributed by atoms with van der Waals surface area (Å²) in [6.07, 6.45) is -0.553. The molecule has 0 aliphatic rings. The Hall–Kier alpha value is 0.200. The van der Waals surface area contributed by atoms with Crippen molar-refractivity contribution >= 4 is 31.9 Å². The first-order valence-corrected chi connectivity index (χ1v) is 4.32. The number of hydrogen-bond donors (Lipinski definition) is 1. The van der Waals surface area contributed by atoms with Crippen molar-refractivity contribution in [1.29, 1.82) is 0 Å². The molecule has 1 N–H and O–H groups in total. The molecule has 0 amide bonds. The summed E-state index contributed by atoms with van der Waals surface area (Å²) in [5.74, 6) is 0.554. The van der Waals surface area contributed by atoms with Gasteiger partial charge >= 0.3 is 0 Å². The molecule has 1 aromatic rings. The Morgan fingerprint density at radius 1 is 1.60 bits per heavy atom. The molecule has 1 aromatic heterocycles. The predicted molar refractivity (Wildman–Crippen MR) is 44.7 cm³/mol. The van der Waals surface area contributed by atoms with Crippen LogP contribution < -0.4 is 0 Å². The van der Waals surface area contributed by atoms with Crippen LogP contribution in [0.15, 0.2) is 19.6 Å². The summed E-state index contributed by atoms with van der Waals surface area (Å²) in [5, 5.41) is 9.03. The summed E-state index contributed by atoms with van der Waals surface area (Å²) in [7, 11) is 0. The van der Waals surface area contributed by atoms with E-state index in [1.807, 2.05) is 0 Å². The maximum Gasteiger partial charge on any atom is 0.183 e. The first-order valence-electron chi connectivity index (χ1n) is 2.74. The van der Waals surface area contributed by atoms with Gasteiger partial charge in [-0.3, -0.25) is 0 Å². The highest BCUT2D eigenvalue weighted by atomic mass is 79.9. The summed E-state index contributed by atoms with van der Waals surface area (Å²) >= 11 is 6.39. The fraction of sp³-hybridized carbons (Fsp3) is 0.333. The van der Waals surface area contributed by atoms with Crippen LogP contribution in [0.25, 0.3) is 0 Å². The minimum absolute atomic E-state index is 0.553. The maximum absolute atomic E-state index is 9.03. The third-order valence-corrected chi connectivity index (χ3v) is 2.79. The van der Waals surface area contributed by atoms with Gasteiger partial charge in [0.15, 0.2) is 4.67 Å². The van der Waals surface area contributed by atoms with Crippen LogP contribution in [0.4, 0.5) is 0 Å². The fourth-order valence-corrected chi connectivity index (χ4v) is 1.18. The molecule has 0 unspecified atom stereocenters. The van der Waals surface area contributed by atoms with Gasteiger partial charge in [0.05, 0.1) is 4.47 Å². The molecule has 1 atom stereocenters. The molecule has 0 spiro atoms. The number of aliphatic hydroxyl groups excluding tert-OH is 1. The third-order valence-electron chi connectivity index (χ3n) is 1.08. The molecule has 0 radical (unpaired) electrons. The van der Waals surface area contributed by atoms with Crippen LogP contribution in [0.5, 0.6) is 0 Å². The molecule has 0 aliphatic carbocycles. The molecule has 4 heteroatoms. The summed E-state index contributed by atoms with van der Waals surface area (Å²) in [6.45, 7) is 1.65. The van der Waals surface area contributed by atoms with E-state index < -0.39 is 6.10 Å². The Balaban J connectivity index is 2.98. The molecule has 0 fully saturated rings. The number of hydrogen-bond acceptors (Lipinski definition) is 2. The van der Waals surface area contributed by atoms with E-state index in [-0.39, 0.29) is 0 Å². The lowest BCUT2D eigenvalue weighted by atomic mass is 10.3. The van der Waals surface area contributed by atoms with Crippen molar-refractivity contribution in [3.63, 3.8) is 0 Å². The van der Waals surface area contributed by atoms with Gasteiger partial charge in [0, 0.05) is 0 Å². The third kappa shape index (κ3) is 1.62. The van der Waals surface area contributed by atoms with Gasteiger partial charge < -0.3 is 9.52 Å². The van der Waals surface area contributed by atoms with E-state index in [1.54, 1.807) is 13.0 Å². The van der Waals surface area contributed by atoms with Crippen LogP contribution in [0, 0.1) is 0 Å². The van der Waals surface area contributed by atoms with Gasteiger partial charge in [0.25, 0.3) is 0 Å². The quantitative estimate of drug-likeness (QED) is 0.851. The Morgan fingerprint density at radius 2 is 2.20 bits per heavy atom. The average molecular weight is 270 g/mol. The maximum atomic E-state index is 9.03. The van der Waals surface area contributed by atoms with E-state index in [4.69, 9.17) is 9.52 Å². The standard InChI is InChI=1S/C6H6Br2O2/c1-3(9)5-2-4(7)6(8)10-5/h2-3,9H,1H3/t3-/m1/s1. The van der Waals surface area contributed by atoms with Crippen molar-refractivity contribution in [2.45, 2.75) is 13.0 Å². The lowest BCUT2D eigenvalue weighted by molar-refractivity contribution is 0.168. The molecular formula is C6H6Br2O2. The molecule has 10 heavy (non-hydrogen) atoms. The zero-order valence-corrected chi connectivity index (χ0v) is 8.44. The molecule has 1 rings (SSSR count). The van der Waals surface area contributed by atoms with Crippen LogP contribution in [-0.4, -0.2) is 5.11 Å². The van der Waals surface area contributed by atoms with Crippen molar-refractivity contribution in [1.82, 2.24) is 0 Å². The molecule has 0 bridgehead atoms. The first kappa shape index (κ1) is 8.30. The van der Waals surface area contributed by atoms with Crippen molar-refractivity contribution in [2.24, 2.45) is 0 Å². The minimum Gasteiger partial charge on any atom is -0.450 e. The molecular weight excluding hydrogens is 264 g/mol. The SMILES string of the molecule is C[C@@H](O)c1cc(Br)c(Br)o1. The molecule has 56 valence electrons.